The lowest BCUT2D eigenvalue weighted by molar-refractivity contribution is 0.0978. The summed E-state index contributed by atoms with van der Waals surface area (Å²) < 4.78 is 27.5. The molecule has 1 saturated heterocycles. The molecule has 0 bridgehead atoms. The Morgan fingerprint density at radius 2 is 2.36 bits per heavy atom. The van der Waals surface area contributed by atoms with Gasteiger partial charge in [-0.2, -0.15) is 0 Å². The number of rotatable bonds is 2. The van der Waals surface area contributed by atoms with Crippen molar-refractivity contribution in [3.05, 3.63) is 0 Å². The normalized spacial score (nSPS) is 26.8. The molecule has 1 aliphatic heterocycles. The molecule has 66 valence electrons. The van der Waals surface area contributed by atoms with Crippen molar-refractivity contribution >= 4 is 9.84 Å². The van der Waals surface area contributed by atoms with Crippen molar-refractivity contribution in [3.63, 3.8) is 0 Å². The van der Waals surface area contributed by atoms with Gasteiger partial charge in [-0.1, -0.05) is 6.92 Å². The van der Waals surface area contributed by atoms with Crippen LogP contribution in [0.15, 0.2) is 0 Å². The van der Waals surface area contributed by atoms with Gasteiger partial charge in [-0.25, -0.2) is 8.42 Å². The van der Waals surface area contributed by atoms with E-state index in [1.54, 1.807) is 6.92 Å². The van der Waals surface area contributed by atoms with Crippen molar-refractivity contribution in [2.75, 3.05) is 25.5 Å². The van der Waals surface area contributed by atoms with Crippen LogP contribution in [0.25, 0.3) is 0 Å². The standard InChI is InChI=1S/C6H13NO3S/c1-2-11(8,9)6-5-10-4-3-7-6/h6-7H,2-5H2,1H3. The maximum Gasteiger partial charge on any atom is 0.168 e. The summed E-state index contributed by atoms with van der Waals surface area (Å²) in [6, 6.07) is 0. The highest BCUT2D eigenvalue weighted by molar-refractivity contribution is 7.91. The van der Waals surface area contributed by atoms with Crippen LogP contribution in [0.4, 0.5) is 0 Å². The molecule has 4 nitrogen and oxygen atoms in total. The van der Waals surface area contributed by atoms with Crippen molar-refractivity contribution in [1.82, 2.24) is 5.32 Å². The van der Waals surface area contributed by atoms with Gasteiger partial charge in [0.2, 0.25) is 0 Å². The Morgan fingerprint density at radius 3 is 2.82 bits per heavy atom. The van der Waals surface area contributed by atoms with Gasteiger partial charge in [-0.05, 0) is 0 Å². The Morgan fingerprint density at radius 1 is 1.64 bits per heavy atom. The lowest BCUT2D eigenvalue weighted by atomic mass is 10.5. The SMILES string of the molecule is CCS(=O)(=O)C1COCCN1. The molecule has 11 heavy (non-hydrogen) atoms. The average molecular weight is 179 g/mol. The zero-order chi connectivity index (χ0) is 8.32. The van der Waals surface area contributed by atoms with Gasteiger partial charge in [0.15, 0.2) is 9.84 Å². The first kappa shape index (κ1) is 8.96. The molecular formula is C6H13NO3S. The number of morpholine rings is 1. The molecule has 1 N–H and O–H groups in total. The summed E-state index contributed by atoms with van der Waals surface area (Å²) in [5, 5.41) is 2.41. The third-order valence-corrected chi connectivity index (χ3v) is 3.70. The van der Waals surface area contributed by atoms with Crippen LogP contribution in [0.5, 0.6) is 0 Å². The van der Waals surface area contributed by atoms with Gasteiger partial charge in [0.25, 0.3) is 0 Å². The van der Waals surface area contributed by atoms with Crippen molar-refractivity contribution < 1.29 is 13.2 Å². The molecule has 0 spiro atoms. The fourth-order valence-corrected chi connectivity index (χ4v) is 2.05. The minimum atomic E-state index is -2.96. The summed E-state index contributed by atoms with van der Waals surface area (Å²) in [6.45, 7) is 3.17. The predicted molar refractivity (Wildman–Crippen MR) is 42.1 cm³/mol. The molecule has 1 aliphatic rings. The summed E-state index contributed by atoms with van der Waals surface area (Å²) in [6.07, 6.45) is 0. The van der Waals surface area contributed by atoms with Crippen LogP contribution >= 0.6 is 0 Å². The molecule has 1 fully saturated rings. The van der Waals surface area contributed by atoms with Gasteiger partial charge in [0, 0.05) is 12.3 Å². The quantitative estimate of drug-likeness (QED) is 0.613. The lowest BCUT2D eigenvalue weighted by Gasteiger charge is -2.22. The molecule has 0 amide bonds. The van der Waals surface area contributed by atoms with Gasteiger partial charge in [0.1, 0.15) is 5.37 Å². The molecule has 1 atom stereocenters. The van der Waals surface area contributed by atoms with Crippen LogP contribution in [-0.4, -0.2) is 39.3 Å². The van der Waals surface area contributed by atoms with Gasteiger partial charge < -0.3 is 4.74 Å². The molecular weight excluding hydrogens is 166 g/mol. The number of hydrogen-bond donors (Lipinski definition) is 1. The summed E-state index contributed by atoms with van der Waals surface area (Å²) in [4.78, 5) is 0. The lowest BCUT2D eigenvalue weighted by Crippen LogP contribution is -2.46. The molecule has 0 aromatic carbocycles. The predicted octanol–water partition coefficient (Wildman–Crippen LogP) is -0.633. The van der Waals surface area contributed by atoms with E-state index < -0.39 is 15.2 Å². The number of ether oxygens (including phenoxy) is 1. The number of sulfone groups is 1. The average Bonchev–Trinajstić information content (AvgIpc) is 2.06. The molecule has 1 rings (SSSR count). The maximum absolute atomic E-state index is 11.2. The summed E-state index contributed by atoms with van der Waals surface area (Å²) >= 11 is 0. The van der Waals surface area contributed by atoms with Crippen molar-refractivity contribution in [1.29, 1.82) is 0 Å². The first-order valence-electron chi connectivity index (χ1n) is 3.69. The molecule has 5 heteroatoms. The van der Waals surface area contributed by atoms with Crippen LogP contribution < -0.4 is 5.32 Å². The first-order chi connectivity index (χ1) is 5.17. The van der Waals surface area contributed by atoms with Crippen molar-refractivity contribution in [3.8, 4) is 0 Å². The minimum Gasteiger partial charge on any atom is -0.377 e. The topological polar surface area (TPSA) is 55.4 Å². The van der Waals surface area contributed by atoms with Gasteiger partial charge in [-0.15, -0.1) is 0 Å². The van der Waals surface area contributed by atoms with E-state index in [0.29, 0.717) is 13.2 Å². The summed E-state index contributed by atoms with van der Waals surface area (Å²) in [7, 11) is -2.96. The van der Waals surface area contributed by atoms with E-state index in [9.17, 15) is 8.42 Å². The second-order valence-electron chi connectivity index (χ2n) is 2.47. The highest BCUT2D eigenvalue weighted by atomic mass is 32.2. The number of nitrogens with one attached hydrogen (secondary N) is 1. The Balaban J connectivity index is 2.58. The molecule has 1 unspecified atom stereocenters. The third kappa shape index (κ3) is 2.15. The smallest absolute Gasteiger partial charge is 0.168 e. The Hall–Kier alpha value is -0.130. The maximum atomic E-state index is 11.2. The van der Waals surface area contributed by atoms with Gasteiger partial charge in [-0.3, -0.25) is 5.32 Å². The molecule has 0 aromatic heterocycles. The Labute approximate surface area is 66.8 Å². The molecule has 0 saturated carbocycles. The summed E-state index contributed by atoms with van der Waals surface area (Å²) in [5.74, 6) is 0.175. The second kappa shape index (κ2) is 3.51. The first-order valence-corrected chi connectivity index (χ1v) is 5.41. The van der Waals surface area contributed by atoms with Gasteiger partial charge >= 0.3 is 0 Å². The van der Waals surface area contributed by atoms with Crippen LogP contribution in [-0.2, 0) is 14.6 Å². The highest BCUT2D eigenvalue weighted by Crippen LogP contribution is 2.02. The van der Waals surface area contributed by atoms with Crippen molar-refractivity contribution in [2.24, 2.45) is 0 Å². The zero-order valence-corrected chi connectivity index (χ0v) is 7.36. The monoisotopic (exact) mass is 179 g/mol. The fourth-order valence-electron chi connectivity index (χ4n) is 0.973. The van der Waals surface area contributed by atoms with E-state index in [-0.39, 0.29) is 12.4 Å². The van der Waals surface area contributed by atoms with Crippen LogP contribution in [0.2, 0.25) is 0 Å². The Bertz CT molecular complexity index is 206. The number of hydrogen-bond acceptors (Lipinski definition) is 4. The van der Waals surface area contributed by atoms with E-state index in [4.69, 9.17) is 4.74 Å². The van der Waals surface area contributed by atoms with Crippen LogP contribution in [0, 0.1) is 0 Å². The molecule has 0 aromatic rings. The fraction of sp³-hybridized carbons (Fsp3) is 1.00. The van der Waals surface area contributed by atoms with E-state index in [1.807, 2.05) is 0 Å². The van der Waals surface area contributed by atoms with Crippen molar-refractivity contribution in [2.45, 2.75) is 12.3 Å². The third-order valence-electron chi connectivity index (χ3n) is 1.72. The Kier molecular flexibility index (Phi) is 2.86. The minimum absolute atomic E-state index is 0.175. The largest absolute Gasteiger partial charge is 0.377 e. The molecule has 0 radical (unpaired) electrons. The zero-order valence-electron chi connectivity index (χ0n) is 6.54. The van der Waals surface area contributed by atoms with E-state index in [2.05, 4.69) is 5.32 Å². The van der Waals surface area contributed by atoms with Crippen LogP contribution in [0.1, 0.15) is 6.92 Å². The van der Waals surface area contributed by atoms with Crippen LogP contribution in [0.3, 0.4) is 0 Å². The van der Waals surface area contributed by atoms with E-state index in [0.717, 1.165) is 0 Å². The highest BCUT2D eigenvalue weighted by Gasteiger charge is 2.25. The second-order valence-corrected chi connectivity index (χ2v) is 4.94. The molecule has 1 heterocycles. The van der Waals surface area contributed by atoms with Gasteiger partial charge in [0.05, 0.1) is 13.2 Å². The molecule has 0 aliphatic carbocycles. The van der Waals surface area contributed by atoms with E-state index in [1.165, 1.54) is 0 Å². The summed E-state index contributed by atoms with van der Waals surface area (Å²) in [5.41, 5.74) is 0. The van der Waals surface area contributed by atoms with E-state index >= 15 is 0 Å².